The summed E-state index contributed by atoms with van der Waals surface area (Å²) in [6.45, 7) is 3.00. The number of nitriles is 1. The summed E-state index contributed by atoms with van der Waals surface area (Å²) in [7, 11) is 0. The summed E-state index contributed by atoms with van der Waals surface area (Å²) in [5.74, 6) is -0.464. The molecule has 4 rings (SSSR count). The normalized spacial score (nSPS) is 25.3. The van der Waals surface area contributed by atoms with Crippen molar-refractivity contribution in [1.29, 1.82) is 5.26 Å². The number of fused-ring (bicyclic) bond motifs is 2. The molecule has 2 aliphatic heterocycles. The largest absolute Gasteiger partial charge is 0.326 e. The lowest BCUT2D eigenvalue weighted by molar-refractivity contribution is 0.239. The van der Waals surface area contributed by atoms with Crippen LogP contribution in [-0.4, -0.2) is 23.0 Å². The highest BCUT2D eigenvalue weighted by molar-refractivity contribution is 5.69. The van der Waals surface area contributed by atoms with E-state index in [1.54, 1.807) is 6.07 Å². The Labute approximate surface area is 147 Å². The highest BCUT2D eigenvalue weighted by Gasteiger charge is 2.44. The molecule has 0 aliphatic carbocycles. The van der Waals surface area contributed by atoms with Crippen LogP contribution in [0.2, 0.25) is 0 Å². The molecular formula is C21H22FN3. The number of nitrogens with two attached hydrogens (primary N) is 1. The van der Waals surface area contributed by atoms with Gasteiger partial charge in [-0.3, -0.25) is 4.90 Å². The zero-order chi connectivity index (χ0) is 17.6. The molecule has 2 fully saturated rings. The first-order valence-electron chi connectivity index (χ1n) is 8.88. The molecule has 0 spiro atoms. The van der Waals surface area contributed by atoms with E-state index in [1.807, 2.05) is 24.3 Å². The van der Waals surface area contributed by atoms with Gasteiger partial charge in [0.15, 0.2) is 0 Å². The van der Waals surface area contributed by atoms with Crippen LogP contribution in [0.1, 0.15) is 36.0 Å². The average Bonchev–Trinajstić information content (AvgIpc) is 3.12. The quantitative estimate of drug-likeness (QED) is 0.930. The molecule has 0 unspecified atom stereocenters. The molecule has 0 aromatic heterocycles. The first kappa shape index (κ1) is 16.3. The third kappa shape index (κ3) is 2.74. The topological polar surface area (TPSA) is 53.0 Å². The third-order valence-corrected chi connectivity index (χ3v) is 5.93. The SMILES string of the molecule is Cc1c(CN2[C@@H]3CC[C@H]2[C@@H](N)C3)cccc1-c1ccc(C#N)c(F)c1. The van der Waals surface area contributed by atoms with E-state index < -0.39 is 5.82 Å². The van der Waals surface area contributed by atoms with E-state index in [-0.39, 0.29) is 5.56 Å². The molecule has 2 aliphatic rings. The van der Waals surface area contributed by atoms with Gasteiger partial charge in [0.25, 0.3) is 0 Å². The molecule has 0 radical (unpaired) electrons. The molecular weight excluding hydrogens is 313 g/mol. The van der Waals surface area contributed by atoms with Crippen molar-refractivity contribution >= 4 is 0 Å². The van der Waals surface area contributed by atoms with Gasteiger partial charge in [0, 0.05) is 24.7 Å². The van der Waals surface area contributed by atoms with Crippen LogP contribution in [0, 0.1) is 24.1 Å². The Morgan fingerprint density at radius 3 is 2.76 bits per heavy atom. The van der Waals surface area contributed by atoms with Crippen LogP contribution in [0.3, 0.4) is 0 Å². The molecule has 2 N–H and O–H groups in total. The van der Waals surface area contributed by atoms with E-state index in [1.165, 1.54) is 30.0 Å². The molecule has 2 bridgehead atoms. The molecule has 0 amide bonds. The predicted molar refractivity (Wildman–Crippen MR) is 96.2 cm³/mol. The van der Waals surface area contributed by atoms with Gasteiger partial charge in [-0.05, 0) is 60.6 Å². The van der Waals surface area contributed by atoms with Crippen molar-refractivity contribution in [3.05, 3.63) is 58.9 Å². The standard InChI is InChI=1S/C21H22FN3/c1-13-16(12-25-17-7-8-21(25)20(24)10-17)3-2-4-18(13)14-5-6-15(11-23)19(22)9-14/h2-6,9,17,20-21H,7-8,10,12,24H2,1H3/t17-,20+,21+/m1/s1. The van der Waals surface area contributed by atoms with Crippen molar-refractivity contribution in [1.82, 2.24) is 4.90 Å². The fraction of sp³-hybridized carbons (Fsp3) is 0.381. The number of rotatable bonds is 3. The van der Waals surface area contributed by atoms with Gasteiger partial charge in [0.1, 0.15) is 11.9 Å². The predicted octanol–water partition coefficient (Wildman–Crippen LogP) is 3.74. The van der Waals surface area contributed by atoms with Gasteiger partial charge in [0.05, 0.1) is 5.56 Å². The molecule has 2 heterocycles. The number of halogens is 1. The van der Waals surface area contributed by atoms with Crippen LogP contribution in [0.5, 0.6) is 0 Å². The Kier molecular flexibility index (Phi) is 4.07. The molecule has 3 nitrogen and oxygen atoms in total. The van der Waals surface area contributed by atoms with Crippen LogP contribution in [0.4, 0.5) is 4.39 Å². The van der Waals surface area contributed by atoms with Gasteiger partial charge < -0.3 is 5.73 Å². The minimum atomic E-state index is -0.464. The number of hydrogen-bond acceptors (Lipinski definition) is 3. The summed E-state index contributed by atoms with van der Waals surface area (Å²) in [4.78, 5) is 2.55. The fourth-order valence-electron chi connectivity index (χ4n) is 4.53. The highest BCUT2D eigenvalue weighted by atomic mass is 19.1. The zero-order valence-corrected chi connectivity index (χ0v) is 14.4. The molecule has 128 valence electrons. The smallest absolute Gasteiger partial charge is 0.141 e. The average molecular weight is 335 g/mol. The number of nitrogens with zero attached hydrogens (tertiary/aromatic N) is 2. The summed E-state index contributed by atoms with van der Waals surface area (Å²) >= 11 is 0. The summed E-state index contributed by atoms with van der Waals surface area (Å²) in [5.41, 5.74) is 10.6. The minimum Gasteiger partial charge on any atom is -0.326 e. The summed E-state index contributed by atoms with van der Waals surface area (Å²) in [6, 6.07) is 14.3. The molecule has 2 aromatic rings. The molecule has 3 atom stereocenters. The molecule has 2 aromatic carbocycles. The summed E-state index contributed by atoms with van der Waals surface area (Å²) < 4.78 is 14.0. The molecule has 4 heteroatoms. The first-order valence-corrected chi connectivity index (χ1v) is 8.88. The third-order valence-electron chi connectivity index (χ3n) is 5.93. The Balaban J connectivity index is 1.65. The summed E-state index contributed by atoms with van der Waals surface area (Å²) in [5, 5.41) is 8.91. The van der Waals surface area contributed by atoms with Crippen LogP contribution < -0.4 is 5.73 Å². The molecule has 25 heavy (non-hydrogen) atoms. The van der Waals surface area contributed by atoms with E-state index in [9.17, 15) is 4.39 Å². The fourth-order valence-corrected chi connectivity index (χ4v) is 4.53. The molecule has 2 saturated heterocycles. The van der Waals surface area contributed by atoms with Gasteiger partial charge in [-0.1, -0.05) is 24.3 Å². The van der Waals surface area contributed by atoms with Crippen molar-refractivity contribution in [3.8, 4) is 17.2 Å². The van der Waals surface area contributed by atoms with Crippen molar-refractivity contribution in [2.45, 2.75) is 50.9 Å². The van der Waals surface area contributed by atoms with E-state index in [0.717, 1.165) is 24.1 Å². The Morgan fingerprint density at radius 2 is 2.12 bits per heavy atom. The maximum atomic E-state index is 14.0. The van der Waals surface area contributed by atoms with Crippen LogP contribution in [0.15, 0.2) is 36.4 Å². The lowest BCUT2D eigenvalue weighted by atomic mass is 9.95. The Hall–Kier alpha value is -2.22. The van der Waals surface area contributed by atoms with E-state index in [2.05, 4.69) is 17.9 Å². The van der Waals surface area contributed by atoms with Crippen molar-refractivity contribution < 1.29 is 4.39 Å². The van der Waals surface area contributed by atoms with E-state index in [0.29, 0.717) is 18.1 Å². The lowest BCUT2D eigenvalue weighted by Crippen LogP contribution is -2.36. The Morgan fingerprint density at radius 1 is 1.28 bits per heavy atom. The second-order valence-corrected chi connectivity index (χ2v) is 7.27. The second kappa shape index (κ2) is 6.25. The maximum absolute atomic E-state index is 14.0. The van der Waals surface area contributed by atoms with Crippen LogP contribution in [-0.2, 0) is 6.54 Å². The summed E-state index contributed by atoms with van der Waals surface area (Å²) in [6.07, 6.45) is 3.55. The van der Waals surface area contributed by atoms with Gasteiger partial charge in [-0.15, -0.1) is 0 Å². The van der Waals surface area contributed by atoms with E-state index in [4.69, 9.17) is 11.0 Å². The van der Waals surface area contributed by atoms with Gasteiger partial charge >= 0.3 is 0 Å². The van der Waals surface area contributed by atoms with E-state index >= 15 is 0 Å². The second-order valence-electron chi connectivity index (χ2n) is 7.27. The lowest BCUT2D eigenvalue weighted by Gasteiger charge is -2.24. The van der Waals surface area contributed by atoms with Crippen molar-refractivity contribution in [2.24, 2.45) is 5.73 Å². The zero-order valence-electron chi connectivity index (χ0n) is 14.4. The van der Waals surface area contributed by atoms with Crippen molar-refractivity contribution in [3.63, 3.8) is 0 Å². The minimum absolute atomic E-state index is 0.0835. The van der Waals surface area contributed by atoms with Crippen LogP contribution in [0.25, 0.3) is 11.1 Å². The van der Waals surface area contributed by atoms with Crippen molar-refractivity contribution in [2.75, 3.05) is 0 Å². The van der Waals surface area contributed by atoms with Crippen LogP contribution >= 0.6 is 0 Å². The number of hydrogen-bond donors (Lipinski definition) is 1. The van der Waals surface area contributed by atoms with Gasteiger partial charge in [-0.25, -0.2) is 4.39 Å². The van der Waals surface area contributed by atoms with Gasteiger partial charge in [-0.2, -0.15) is 5.26 Å². The first-order chi connectivity index (χ1) is 12.1. The number of benzene rings is 2. The highest BCUT2D eigenvalue weighted by Crippen LogP contribution is 2.38. The maximum Gasteiger partial charge on any atom is 0.141 e. The Bertz CT molecular complexity index is 855. The van der Waals surface area contributed by atoms with Gasteiger partial charge in [0.2, 0.25) is 0 Å². The monoisotopic (exact) mass is 335 g/mol. The molecule has 0 saturated carbocycles.